The van der Waals surface area contributed by atoms with E-state index in [1.807, 2.05) is 45.0 Å². The van der Waals surface area contributed by atoms with Crippen LogP contribution in [0.5, 0.6) is 0 Å². The van der Waals surface area contributed by atoms with Gasteiger partial charge in [-0.15, -0.1) is 0 Å². The summed E-state index contributed by atoms with van der Waals surface area (Å²) < 4.78 is 0.999. The second kappa shape index (κ2) is 6.36. The van der Waals surface area contributed by atoms with Gasteiger partial charge in [0.05, 0.1) is 0 Å². The summed E-state index contributed by atoms with van der Waals surface area (Å²) in [6.45, 7) is 7.15. The zero-order chi connectivity index (χ0) is 14.5. The van der Waals surface area contributed by atoms with Crippen LogP contribution in [0.2, 0.25) is 0 Å². The third-order valence-electron chi connectivity index (χ3n) is 2.66. The number of hydrogen-bond donors (Lipinski definition) is 1. The van der Waals surface area contributed by atoms with Gasteiger partial charge in [0.2, 0.25) is 5.91 Å². The van der Waals surface area contributed by atoms with Crippen LogP contribution in [0, 0.1) is 5.21 Å². The van der Waals surface area contributed by atoms with E-state index < -0.39 is 0 Å². The molecule has 0 radical (unpaired) electrons. The van der Waals surface area contributed by atoms with Crippen LogP contribution in [0.15, 0.2) is 24.3 Å². The quantitative estimate of drug-likeness (QED) is 0.392. The molecular formula is C15H22N2O2. The van der Waals surface area contributed by atoms with Crippen LogP contribution in [0.1, 0.15) is 39.7 Å². The predicted molar refractivity (Wildman–Crippen MR) is 78.5 cm³/mol. The Morgan fingerprint density at radius 2 is 1.89 bits per heavy atom. The fourth-order valence-corrected chi connectivity index (χ4v) is 1.58. The lowest BCUT2D eigenvalue weighted by Crippen LogP contribution is -2.29. The zero-order valence-corrected chi connectivity index (χ0v) is 12.1. The number of rotatable bonds is 4. The number of amides is 1. The maximum absolute atomic E-state index is 11.6. The number of nitrogens with zero attached hydrogens (tertiary/aromatic N) is 1. The number of hydrogen-bond acceptors (Lipinski definition) is 2. The molecule has 1 N–H and O–H groups in total. The maximum Gasteiger partial charge on any atom is 0.221 e. The molecule has 104 valence electrons. The Bertz CT molecular complexity index is 456. The second-order valence-electron chi connectivity index (χ2n) is 5.60. The summed E-state index contributed by atoms with van der Waals surface area (Å²) in [5.74, 6) is -0.0757. The first-order valence-electron chi connectivity index (χ1n) is 6.45. The molecule has 4 nitrogen and oxygen atoms in total. The molecular weight excluding hydrogens is 240 g/mol. The molecule has 1 aromatic carbocycles. The van der Waals surface area contributed by atoms with Crippen molar-refractivity contribution in [2.24, 2.45) is 0 Å². The first kappa shape index (κ1) is 15.2. The minimum absolute atomic E-state index is 0.0757. The lowest BCUT2D eigenvalue weighted by atomic mass is 10.1. The first-order valence-corrected chi connectivity index (χ1v) is 6.45. The third kappa shape index (κ3) is 5.55. The van der Waals surface area contributed by atoms with Crippen LogP contribution in [0.25, 0.3) is 0 Å². The van der Waals surface area contributed by atoms with Gasteiger partial charge in [-0.3, -0.25) is 4.79 Å². The highest BCUT2D eigenvalue weighted by atomic mass is 16.5. The topological polar surface area (TPSA) is 55.2 Å². The van der Waals surface area contributed by atoms with E-state index in [-0.39, 0.29) is 11.4 Å². The van der Waals surface area contributed by atoms with Gasteiger partial charge >= 0.3 is 0 Å². The lowest BCUT2D eigenvalue weighted by Gasteiger charge is -2.18. The molecule has 0 aliphatic rings. The average molecular weight is 262 g/mol. The fourth-order valence-electron chi connectivity index (χ4n) is 1.58. The standard InChI is InChI=1S/C15H22N2O2/c1-12(18)16-14-9-7-13(8-10-14)6-5-11-17(19)15(2,3)4/h7-11H,5-6H2,1-4H3,(H,16,18). The number of benzene rings is 1. The molecule has 1 aromatic rings. The van der Waals surface area contributed by atoms with E-state index in [0.717, 1.165) is 22.4 Å². The van der Waals surface area contributed by atoms with Crippen molar-refractivity contribution >= 4 is 17.8 Å². The number of anilines is 1. The van der Waals surface area contributed by atoms with Gasteiger partial charge in [0, 0.05) is 39.8 Å². The summed E-state index contributed by atoms with van der Waals surface area (Å²) in [5.41, 5.74) is 1.56. The average Bonchev–Trinajstić information content (AvgIpc) is 2.29. The van der Waals surface area contributed by atoms with Crippen LogP contribution >= 0.6 is 0 Å². The van der Waals surface area contributed by atoms with Crippen molar-refractivity contribution in [3.8, 4) is 0 Å². The Morgan fingerprint density at radius 3 is 2.37 bits per heavy atom. The van der Waals surface area contributed by atoms with Gasteiger partial charge in [-0.05, 0) is 24.1 Å². The molecule has 0 aliphatic carbocycles. The van der Waals surface area contributed by atoms with Crippen LogP contribution in [-0.4, -0.2) is 22.4 Å². The van der Waals surface area contributed by atoms with Crippen LogP contribution in [-0.2, 0) is 11.2 Å². The largest absolute Gasteiger partial charge is 0.624 e. The van der Waals surface area contributed by atoms with Crippen LogP contribution in [0.4, 0.5) is 5.69 Å². The molecule has 0 fully saturated rings. The molecule has 0 saturated heterocycles. The van der Waals surface area contributed by atoms with Crippen molar-refractivity contribution in [1.29, 1.82) is 0 Å². The summed E-state index contributed by atoms with van der Waals surface area (Å²) in [5, 5.41) is 14.4. The van der Waals surface area contributed by atoms with E-state index in [4.69, 9.17) is 0 Å². The second-order valence-corrected chi connectivity index (χ2v) is 5.60. The summed E-state index contributed by atoms with van der Waals surface area (Å²) in [6.07, 6.45) is 3.21. The molecule has 0 aromatic heterocycles. The number of nitrogens with one attached hydrogen (secondary N) is 1. The Kier molecular flexibility index (Phi) is 5.10. The molecule has 0 bridgehead atoms. The van der Waals surface area contributed by atoms with Crippen molar-refractivity contribution in [3.05, 3.63) is 35.0 Å². The molecule has 1 amide bonds. The normalized spacial score (nSPS) is 12.3. The molecule has 0 unspecified atom stereocenters. The highest BCUT2D eigenvalue weighted by molar-refractivity contribution is 5.88. The maximum atomic E-state index is 11.6. The summed E-state index contributed by atoms with van der Waals surface area (Å²) in [7, 11) is 0. The number of hydroxylamine groups is 1. The molecule has 0 spiro atoms. The van der Waals surface area contributed by atoms with E-state index in [9.17, 15) is 10.0 Å². The van der Waals surface area contributed by atoms with Crippen molar-refractivity contribution in [2.45, 2.75) is 46.1 Å². The molecule has 0 saturated carbocycles. The van der Waals surface area contributed by atoms with E-state index in [2.05, 4.69) is 5.32 Å². The number of carbonyl (C=O) groups excluding carboxylic acids is 1. The minimum Gasteiger partial charge on any atom is -0.624 e. The lowest BCUT2D eigenvalue weighted by molar-refractivity contribution is -0.532. The molecule has 0 atom stereocenters. The van der Waals surface area contributed by atoms with Gasteiger partial charge in [0.25, 0.3) is 0 Å². The van der Waals surface area contributed by atoms with Crippen LogP contribution in [0.3, 0.4) is 0 Å². The number of carbonyl (C=O) groups is 1. The highest BCUT2D eigenvalue weighted by Gasteiger charge is 2.17. The number of aryl methyl sites for hydroxylation is 1. The molecule has 4 heteroatoms. The van der Waals surface area contributed by atoms with E-state index in [0.29, 0.717) is 6.42 Å². The van der Waals surface area contributed by atoms with E-state index in [1.54, 1.807) is 6.21 Å². The predicted octanol–water partition coefficient (Wildman–Crippen LogP) is 2.96. The fraction of sp³-hybridized carbons (Fsp3) is 0.467. The van der Waals surface area contributed by atoms with Crippen molar-refractivity contribution < 1.29 is 9.53 Å². The Morgan fingerprint density at radius 1 is 1.32 bits per heavy atom. The Balaban J connectivity index is 2.53. The van der Waals surface area contributed by atoms with E-state index >= 15 is 0 Å². The van der Waals surface area contributed by atoms with E-state index in [1.165, 1.54) is 6.92 Å². The third-order valence-corrected chi connectivity index (χ3v) is 2.66. The van der Waals surface area contributed by atoms with Gasteiger partial charge in [-0.2, -0.15) is 0 Å². The Hall–Kier alpha value is -1.84. The van der Waals surface area contributed by atoms with Crippen molar-refractivity contribution in [2.75, 3.05) is 5.32 Å². The van der Waals surface area contributed by atoms with Gasteiger partial charge < -0.3 is 10.5 Å². The molecule has 19 heavy (non-hydrogen) atoms. The van der Waals surface area contributed by atoms with Gasteiger partial charge in [-0.25, -0.2) is 4.74 Å². The summed E-state index contributed by atoms with van der Waals surface area (Å²) >= 11 is 0. The summed E-state index contributed by atoms with van der Waals surface area (Å²) in [6, 6.07) is 7.67. The monoisotopic (exact) mass is 262 g/mol. The highest BCUT2D eigenvalue weighted by Crippen LogP contribution is 2.11. The van der Waals surface area contributed by atoms with Crippen molar-refractivity contribution in [1.82, 2.24) is 0 Å². The zero-order valence-electron chi connectivity index (χ0n) is 12.1. The molecule has 0 aliphatic heterocycles. The van der Waals surface area contributed by atoms with Crippen molar-refractivity contribution in [3.63, 3.8) is 0 Å². The first-order chi connectivity index (χ1) is 8.79. The summed E-state index contributed by atoms with van der Waals surface area (Å²) in [4.78, 5) is 10.9. The smallest absolute Gasteiger partial charge is 0.221 e. The minimum atomic E-state index is -0.380. The van der Waals surface area contributed by atoms with Gasteiger partial charge in [0.1, 0.15) is 0 Å². The van der Waals surface area contributed by atoms with Crippen LogP contribution < -0.4 is 5.32 Å². The van der Waals surface area contributed by atoms with Gasteiger partial charge in [0.15, 0.2) is 11.8 Å². The SMILES string of the molecule is CC(=O)Nc1ccc(CCC=[N+]([O-])C(C)(C)C)cc1. The van der Waals surface area contributed by atoms with Gasteiger partial charge in [-0.1, -0.05) is 12.1 Å². The molecule has 1 rings (SSSR count). The molecule has 0 heterocycles. The Labute approximate surface area is 114 Å².